The van der Waals surface area contributed by atoms with E-state index in [0.717, 1.165) is 4.47 Å². The van der Waals surface area contributed by atoms with Crippen molar-refractivity contribution in [3.05, 3.63) is 80.9 Å². The van der Waals surface area contributed by atoms with Gasteiger partial charge < -0.3 is 20.2 Å². The molecular formula is C20H16BrFN2O4. The van der Waals surface area contributed by atoms with Crippen molar-refractivity contribution in [2.24, 2.45) is 0 Å². The van der Waals surface area contributed by atoms with E-state index in [1.54, 1.807) is 18.2 Å². The van der Waals surface area contributed by atoms with Crippen molar-refractivity contribution in [2.45, 2.75) is 0 Å². The largest absolute Gasteiger partial charge is 0.422 e. The smallest absolute Gasteiger partial charge is 0.351 e. The van der Waals surface area contributed by atoms with Crippen molar-refractivity contribution < 1.29 is 18.7 Å². The normalized spacial score (nSPS) is 10.5. The minimum Gasteiger partial charge on any atom is -0.422 e. The van der Waals surface area contributed by atoms with Crippen molar-refractivity contribution in [1.82, 2.24) is 0 Å². The summed E-state index contributed by atoms with van der Waals surface area (Å²) in [7, 11) is 0. The van der Waals surface area contributed by atoms with Crippen LogP contribution in [-0.4, -0.2) is 24.2 Å². The molecule has 0 aliphatic heterocycles. The summed E-state index contributed by atoms with van der Waals surface area (Å²) in [6.07, 6.45) is 0. The molecule has 8 heteroatoms. The molecule has 1 aromatic heterocycles. The van der Waals surface area contributed by atoms with Gasteiger partial charge in [-0.15, -0.1) is 0 Å². The van der Waals surface area contributed by atoms with Crippen LogP contribution in [0.1, 0.15) is 10.4 Å². The summed E-state index contributed by atoms with van der Waals surface area (Å²) in [5, 5.41) is 14.5. The summed E-state index contributed by atoms with van der Waals surface area (Å²) in [6.45, 7) is -0.0519. The molecule has 0 saturated carbocycles. The first-order chi connectivity index (χ1) is 13.5. The topological polar surface area (TPSA) is 91.6 Å². The maximum absolute atomic E-state index is 13.0. The maximum Gasteiger partial charge on any atom is 0.351 e. The van der Waals surface area contributed by atoms with Crippen LogP contribution in [0.4, 0.5) is 15.8 Å². The van der Waals surface area contributed by atoms with E-state index in [4.69, 9.17) is 9.52 Å². The van der Waals surface area contributed by atoms with Crippen LogP contribution < -0.4 is 16.3 Å². The molecule has 0 bridgehead atoms. The Kier molecular flexibility index (Phi) is 6.23. The summed E-state index contributed by atoms with van der Waals surface area (Å²) >= 11 is 3.36. The summed E-state index contributed by atoms with van der Waals surface area (Å²) in [6, 6.07) is 13.8. The van der Waals surface area contributed by atoms with Crippen LogP contribution in [0.5, 0.6) is 0 Å². The fourth-order valence-corrected chi connectivity index (χ4v) is 2.95. The van der Waals surface area contributed by atoms with Gasteiger partial charge in [0.25, 0.3) is 5.91 Å². The Bertz CT molecular complexity index is 1050. The second kappa shape index (κ2) is 8.81. The highest BCUT2D eigenvalue weighted by atomic mass is 79.9. The predicted molar refractivity (Wildman–Crippen MR) is 108 cm³/mol. The molecular weight excluding hydrogens is 431 g/mol. The number of carbonyl (C=O) groups excluding carboxylic acids is 1. The van der Waals surface area contributed by atoms with E-state index >= 15 is 0 Å². The Morgan fingerprint density at radius 1 is 1.14 bits per heavy atom. The molecule has 3 N–H and O–H groups in total. The second-order valence-corrected chi connectivity index (χ2v) is 6.72. The molecule has 0 aliphatic carbocycles. The molecule has 0 fully saturated rings. The van der Waals surface area contributed by atoms with Gasteiger partial charge in [0.1, 0.15) is 17.1 Å². The standard InChI is InChI=1S/C20H16BrFN2O4/c21-13-3-1-2-12(10-13)17-11-16(23-8-9-25)18(20(27)28-17)19(26)24-15-6-4-14(22)5-7-15/h1-7,10-11,23,25H,8-9H2,(H,24,26). The Hall–Kier alpha value is -2.97. The first kappa shape index (κ1) is 19.8. The number of aliphatic hydroxyl groups is 1. The lowest BCUT2D eigenvalue weighted by atomic mass is 10.1. The van der Waals surface area contributed by atoms with Gasteiger partial charge in [-0.2, -0.15) is 0 Å². The van der Waals surface area contributed by atoms with Gasteiger partial charge in [-0.25, -0.2) is 9.18 Å². The molecule has 3 aromatic rings. The summed E-state index contributed by atoms with van der Waals surface area (Å²) in [4.78, 5) is 25.2. The second-order valence-electron chi connectivity index (χ2n) is 5.81. The number of amides is 1. The molecule has 0 aliphatic rings. The van der Waals surface area contributed by atoms with Gasteiger partial charge in [-0.05, 0) is 36.4 Å². The first-order valence-electron chi connectivity index (χ1n) is 8.33. The number of aliphatic hydroxyl groups excluding tert-OH is 1. The molecule has 3 rings (SSSR count). The number of hydrogen-bond donors (Lipinski definition) is 3. The third kappa shape index (κ3) is 4.65. The first-order valence-corrected chi connectivity index (χ1v) is 9.13. The van der Waals surface area contributed by atoms with Crippen LogP contribution in [0.15, 0.2) is 68.3 Å². The highest BCUT2D eigenvalue weighted by Crippen LogP contribution is 2.26. The van der Waals surface area contributed by atoms with Gasteiger partial charge in [0.15, 0.2) is 0 Å². The van der Waals surface area contributed by atoms with Gasteiger partial charge in [0.05, 0.1) is 12.3 Å². The molecule has 0 atom stereocenters. The van der Waals surface area contributed by atoms with E-state index in [1.165, 1.54) is 30.3 Å². The summed E-state index contributed by atoms with van der Waals surface area (Å²) < 4.78 is 19.2. The van der Waals surface area contributed by atoms with Crippen LogP contribution in [0.25, 0.3) is 11.3 Å². The van der Waals surface area contributed by atoms with E-state index in [2.05, 4.69) is 26.6 Å². The lowest BCUT2D eigenvalue weighted by Gasteiger charge is -2.12. The molecule has 0 unspecified atom stereocenters. The molecule has 1 heterocycles. The Morgan fingerprint density at radius 2 is 1.89 bits per heavy atom. The van der Waals surface area contributed by atoms with E-state index in [-0.39, 0.29) is 30.2 Å². The van der Waals surface area contributed by atoms with Crippen molar-refractivity contribution in [2.75, 3.05) is 23.8 Å². The van der Waals surface area contributed by atoms with Crippen LogP contribution in [-0.2, 0) is 0 Å². The van der Waals surface area contributed by atoms with Crippen molar-refractivity contribution in [3.63, 3.8) is 0 Å². The Labute approximate surface area is 168 Å². The van der Waals surface area contributed by atoms with E-state index in [9.17, 15) is 14.0 Å². The Morgan fingerprint density at radius 3 is 2.57 bits per heavy atom. The minimum atomic E-state index is -0.836. The van der Waals surface area contributed by atoms with Crippen LogP contribution in [0, 0.1) is 5.82 Å². The molecule has 0 radical (unpaired) electrons. The average molecular weight is 447 g/mol. The lowest BCUT2D eigenvalue weighted by Crippen LogP contribution is -2.24. The lowest BCUT2D eigenvalue weighted by molar-refractivity contribution is 0.102. The molecule has 2 aromatic carbocycles. The highest BCUT2D eigenvalue weighted by molar-refractivity contribution is 9.10. The zero-order chi connectivity index (χ0) is 20.1. The molecule has 0 spiro atoms. The van der Waals surface area contributed by atoms with Crippen molar-refractivity contribution >= 4 is 33.2 Å². The number of carbonyl (C=O) groups is 1. The number of halogens is 2. The molecule has 0 saturated heterocycles. The van der Waals surface area contributed by atoms with E-state index in [1.807, 2.05) is 6.07 Å². The van der Waals surface area contributed by atoms with Crippen molar-refractivity contribution in [1.29, 1.82) is 0 Å². The third-order valence-electron chi connectivity index (χ3n) is 3.82. The highest BCUT2D eigenvalue weighted by Gasteiger charge is 2.20. The molecule has 28 heavy (non-hydrogen) atoms. The number of rotatable bonds is 6. The van der Waals surface area contributed by atoms with Crippen LogP contribution >= 0.6 is 15.9 Å². The quantitative estimate of drug-likeness (QED) is 0.534. The third-order valence-corrected chi connectivity index (χ3v) is 4.31. The van der Waals surface area contributed by atoms with Crippen molar-refractivity contribution in [3.8, 4) is 11.3 Å². The molecule has 1 amide bonds. The van der Waals surface area contributed by atoms with Gasteiger partial charge in [0.2, 0.25) is 0 Å². The molecule has 6 nitrogen and oxygen atoms in total. The van der Waals surface area contributed by atoms with Crippen LogP contribution in [0.3, 0.4) is 0 Å². The van der Waals surface area contributed by atoms with E-state index < -0.39 is 17.3 Å². The van der Waals surface area contributed by atoms with Gasteiger partial charge in [0, 0.05) is 28.3 Å². The zero-order valence-electron chi connectivity index (χ0n) is 14.5. The number of hydrogen-bond acceptors (Lipinski definition) is 5. The summed E-state index contributed by atoms with van der Waals surface area (Å²) in [5.41, 5.74) is 0.118. The maximum atomic E-state index is 13.0. The average Bonchev–Trinajstić information content (AvgIpc) is 2.67. The fourth-order valence-electron chi connectivity index (χ4n) is 2.55. The fraction of sp³-hybridized carbons (Fsp3) is 0.100. The number of nitrogens with one attached hydrogen (secondary N) is 2. The molecule has 144 valence electrons. The van der Waals surface area contributed by atoms with Crippen LogP contribution in [0.2, 0.25) is 0 Å². The zero-order valence-corrected chi connectivity index (χ0v) is 16.1. The van der Waals surface area contributed by atoms with Gasteiger partial charge >= 0.3 is 5.63 Å². The summed E-state index contributed by atoms with van der Waals surface area (Å²) in [5.74, 6) is -0.882. The SMILES string of the molecule is O=C(Nc1ccc(F)cc1)c1c(NCCO)cc(-c2cccc(Br)c2)oc1=O. The van der Waals surface area contributed by atoms with E-state index in [0.29, 0.717) is 11.3 Å². The monoisotopic (exact) mass is 446 g/mol. The predicted octanol–water partition coefficient (Wildman–Crippen LogP) is 3.86. The van der Waals surface area contributed by atoms with Gasteiger partial charge in [-0.1, -0.05) is 28.1 Å². The number of anilines is 2. The van der Waals surface area contributed by atoms with Gasteiger partial charge in [-0.3, -0.25) is 4.79 Å². The Balaban J connectivity index is 2.00. The minimum absolute atomic E-state index is 0.137. The number of benzene rings is 2.